The van der Waals surface area contributed by atoms with Gasteiger partial charge in [0.05, 0.1) is 5.71 Å². The van der Waals surface area contributed by atoms with Crippen LogP contribution in [0.2, 0.25) is 0 Å². The Kier molecular flexibility index (Phi) is 4.13. The Labute approximate surface area is 111 Å². The van der Waals surface area contributed by atoms with Crippen LogP contribution in [0.3, 0.4) is 0 Å². The molecule has 1 N–H and O–H groups in total. The van der Waals surface area contributed by atoms with Crippen LogP contribution in [0.4, 0.5) is 4.39 Å². The quantitative estimate of drug-likeness (QED) is 0.518. The highest BCUT2D eigenvalue weighted by Gasteiger charge is 2.01. The van der Waals surface area contributed by atoms with Crippen LogP contribution >= 0.6 is 0 Å². The minimum absolute atomic E-state index is 0.280. The lowest BCUT2D eigenvalue weighted by atomic mass is 10.1. The van der Waals surface area contributed by atoms with E-state index in [2.05, 4.69) is 5.16 Å². The van der Waals surface area contributed by atoms with Crippen molar-refractivity contribution in [3.8, 4) is 5.75 Å². The van der Waals surface area contributed by atoms with Crippen molar-refractivity contribution in [1.29, 1.82) is 0 Å². The van der Waals surface area contributed by atoms with Gasteiger partial charge in [0.2, 0.25) is 0 Å². The number of rotatable bonds is 4. The van der Waals surface area contributed by atoms with Crippen LogP contribution in [0, 0.1) is 5.82 Å². The van der Waals surface area contributed by atoms with E-state index in [1.54, 1.807) is 31.2 Å². The summed E-state index contributed by atoms with van der Waals surface area (Å²) in [6.45, 7) is 1.99. The van der Waals surface area contributed by atoms with Crippen molar-refractivity contribution in [1.82, 2.24) is 0 Å². The van der Waals surface area contributed by atoms with Gasteiger partial charge in [0.25, 0.3) is 0 Å². The fourth-order valence-corrected chi connectivity index (χ4v) is 1.66. The van der Waals surface area contributed by atoms with Crippen LogP contribution in [0.15, 0.2) is 53.7 Å². The highest BCUT2D eigenvalue weighted by molar-refractivity contribution is 5.98. The van der Waals surface area contributed by atoms with E-state index in [1.165, 1.54) is 12.1 Å². The molecule has 0 spiro atoms. The molecule has 0 unspecified atom stereocenters. The maximum Gasteiger partial charge on any atom is 0.123 e. The Balaban J connectivity index is 2.08. The molecule has 0 aliphatic rings. The summed E-state index contributed by atoms with van der Waals surface area (Å²) in [5.74, 6) is 0.364. The molecular weight excluding hydrogens is 245 g/mol. The molecule has 0 amide bonds. The zero-order chi connectivity index (χ0) is 13.7. The predicted octanol–water partition coefficient (Wildman–Crippen LogP) is 3.60. The lowest BCUT2D eigenvalue weighted by Crippen LogP contribution is -1.98. The van der Waals surface area contributed by atoms with Crippen LogP contribution in [0.5, 0.6) is 5.75 Å². The minimum Gasteiger partial charge on any atom is -0.489 e. The van der Waals surface area contributed by atoms with Gasteiger partial charge in [-0.05, 0) is 36.8 Å². The molecule has 0 saturated carbocycles. The molecular formula is C15H14FNO2. The smallest absolute Gasteiger partial charge is 0.123 e. The zero-order valence-electron chi connectivity index (χ0n) is 10.5. The third-order valence-corrected chi connectivity index (χ3v) is 2.70. The number of oxime groups is 1. The maximum atomic E-state index is 13.0. The molecule has 0 saturated heterocycles. The molecule has 0 radical (unpaired) electrons. The van der Waals surface area contributed by atoms with Gasteiger partial charge < -0.3 is 9.94 Å². The molecule has 0 aromatic heterocycles. The Hall–Kier alpha value is -2.36. The Morgan fingerprint density at radius 3 is 2.74 bits per heavy atom. The summed E-state index contributed by atoms with van der Waals surface area (Å²) in [5.41, 5.74) is 2.05. The summed E-state index contributed by atoms with van der Waals surface area (Å²) in [4.78, 5) is 0. The van der Waals surface area contributed by atoms with Crippen LogP contribution < -0.4 is 4.74 Å². The number of hydrogen-bond donors (Lipinski definition) is 1. The minimum atomic E-state index is -0.280. The highest BCUT2D eigenvalue weighted by atomic mass is 19.1. The lowest BCUT2D eigenvalue weighted by molar-refractivity contribution is 0.305. The van der Waals surface area contributed by atoms with Gasteiger partial charge in [-0.2, -0.15) is 0 Å². The first-order valence-electron chi connectivity index (χ1n) is 5.85. The first-order valence-corrected chi connectivity index (χ1v) is 5.85. The summed E-state index contributed by atoms with van der Waals surface area (Å²) in [6, 6.07) is 13.5. The molecule has 2 aromatic carbocycles. The average molecular weight is 259 g/mol. The fraction of sp³-hybridized carbons (Fsp3) is 0.133. The van der Waals surface area contributed by atoms with Gasteiger partial charge in [0.15, 0.2) is 0 Å². The molecule has 19 heavy (non-hydrogen) atoms. The maximum absolute atomic E-state index is 13.0. The van der Waals surface area contributed by atoms with E-state index in [4.69, 9.17) is 9.94 Å². The Morgan fingerprint density at radius 2 is 2.00 bits per heavy atom. The number of hydrogen-bond acceptors (Lipinski definition) is 3. The number of halogens is 1. The molecule has 98 valence electrons. The van der Waals surface area contributed by atoms with Gasteiger partial charge in [-0.3, -0.25) is 0 Å². The van der Waals surface area contributed by atoms with E-state index in [0.29, 0.717) is 11.5 Å². The average Bonchev–Trinajstić information content (AvgIpc) is 2.45. The number of nitrogens with zero attached hydrogens (tertiary/aromatic N) is 1. The molecule has 4 heteroatoms. The topological polar surface area (TPSA) is 41.8 Å². The second kappa shape index (κ2) is 6.00. The monoisotopic (exact) mass is 259 g/mol. The van der Waals surface area contributed by atoms with Gasteiger partial charge in [0, 0.05) is 5.56 Å². The summed E-state index contributed by atoms with van der Waals surface area (Å²) in [5, 5.41) is 11.9. The number of benzene rings is 2. The predicted molar refractivity (Wildman–Crippen MR) is 71.2 cm³/mol. The van der Waals surface area contributed by atoms with Gasteiger partial charge in [-0.1, -0.05) is 29.4 Å². The number of ether oxygens (including phenoxy) is 1. The molecule has 0 fully saturated rings. The van der Waals surface area contributed by atoms with Crippen molar-refractivity contribution < 1.29 is 14.3 Å². The van der Waals surface area contributed by atoms with Gasteiger partial charge in [-0.15, -0.1) is 0 Å². The Morgan fingerprint density at radius 1 is 1.21 bits per heavy atom. The van der Waals surface area contributed by atoms with Crippen molar-refractivity contribution >= 4 is 5.71 Å². The third kappa shape index (κ3) is 3.55. The molecule has 2 rings (SSSR count). The zero-order valence-corrected chi connectivity index (χ0v) is 10.5. The van der Waals surface area contributed by atoms with Gasteiger partial charge >= 0.3 is 0 Å². The fourth-order valence-electron chi connectivity index (χ4n) is 1.66. The second-order valence-electron chi connectivity index (χ2n) is 4.13. The first-order chi connectivity index (χ1) is 9.19. The highest BCUT2D eigenvalue weighted by Crippen LogP contribution is 2.16. The molecule has 0 heterocycles. The van der Waals surface area contributed by atoms with E-state index in [0.717, 1.165) is 11.1 Å². The molecule has 0 aliphatic heterocycles. The standard InChI is InChI=1S/C15H14FNO2/c1-11(17-18)13-5-3-7-15(9-13)19-10-12-4-2-6-14(16)8-12/h2-9,18H,10H2,1H3/b17-11+. The van der Waals surface area contributed by atoms with Crippen molar-refractivity contribution in [2.45, 2.75) is 13.5 Å². The summed E-state index contributed by atoms with van der Waals surface area (Å²) in [7, 11) is 0. The van der Waals surface area contributed by atoms with Crippen LogP contribution in [0.25, 0.3) is 0 Å². The van der Waals surface area contributed by atoms with Crippen LogP contribution in [-0.2, 0) is 6.61 Å². The van der Waals surface area contributed by atoms with E-state index in [-0.39, 0.29) is 12.4 Å². The van der Waals surface area contributed by atoms with Gasteiger partial charge in [0.1, 0.15) is 18.2 Å². The van der Waals surface area contributed by atoms with Crippen molar-refractivity contribution in [2.24, 2.45) is 5.16 Å². The first kappa shape index (κ1) is 13.1. The second-order valence-corrected chi connectivity index (χ2v) is 4.13. The normalized spacial score (nSPS) is 11.4. The third-order valence-electron chi connectivity index (χ3n) is 2.70. The summed E-state index contributed by atoms with van der Waals surface area (Å²) < 4.78 is 18.6. The van der Waals surface area contributed by atoms with Gasteiger partial charge in [-0.25, -0.2) is 4.39 Å². The van der Waals surface area contributed by atoms with E-state index in [9.17, 15) is 4.39 Å². The summed E-state index contributed by atoms with van der Waals surface area (Å²) in [6.07, 6.45) is 0. The molecule has 0 bridgehead atoms. The van der Waals surface area contributed by atoms with Crippen molar-refractivity contribution in [2.75, 3.05) is 0 Å². The van der Waals surface area contributed by atoms with Crippen molar-refractivity contribution in [3.63, 3.8) is 0 Å². The van der Waals surface area contributed by atoms with Crippen molar-refractivity contribution in [3.05, 3.63) is 65.5 Å². The van der Waals surface area contributed by atoms with E-state index in [1.807, 2.05) is 12.1 Å². The molecule has 2 aromatic rings. The molecule has 0 aliphatic carbocycles. The largest absolute Gasteiger partial charge is 0.489 e. The summed E-state index contributed by atoms with van der Waals surface area (Å²) >= 11 is 0. The lowest BCUT2D eigenvalue weighted by Gasteiger charge is -2.08. The molecule has 3 nitrogen and oxygen atoms in total. The van der Waals surface area contributed by atoms with E-state index >= 15 is 0 Å². The Bertz CT molecular complexity index is 596. The SMILES string of the molecule is C/C(=N\O)c1cccc(OCc2cccc(F)c2)c1. The van der Waals surface area contributed by atoms with Crippen LogP contribution in [-0.4, -0.2) is 10.9 Å². The van der Waals surface area contributed by atoms with E-state index < -0.39 is 0 Å². The van der Waals surface area contributed by atoms with Crippen LogP contribution in [0.1, 0.15) is 18.1 Å². The molecule has 0 atom stereocenters.